The summed E-state index contributed by atoms with van der Waals surface area (Å²) in [5.74, 6) is 0.557. The smallest absolute Gasteiger partial charge is 0.274 e. The largest absolute Gasteiger partial charge is 0.392 e. The van der Waals surface area contributed by atoms with Gasteiger partial charge >= 0.3 is 0 Å². The molecule has 0 aliphatic rings. The number of carbonyl (C=O) groups excluding carboxylic acids is 1. The molecule has 0 fully saturated rings. The molecule has 1 atom stereocenters. The first-order valence-electron chi connectivity index (χ1n) is 6.35. The van der Waals surface area contributed by atoms with E-state index in [1.165, 1.54) is 4.90 Å². The standard InChI is InChI=1S/C13H22N4O2/c1-8(2)12-15-6-10(14-4)11(16-12)13(19)17(5)7-9(3)18/h6,8-9,14,18H,7H2,1-5H3. The molecule has 19 heavy (non-hydrogen) atoms. The van der Waals surface area contributed by atoms with E-state index >= 15 is 0 Å². The van der Waals surface area contributed by atoms with Crippen molar-refractivity contribution in [2.75, 3.05) is 26.0 Å². The second kappa shape index (κ2) is 6.47. The Labute approximate surface area is 113 Å². The lowest BCUT2D eigenvalue weighted by Crippen LogP contribution is -2.34. The van der Waals surface area contributed by atoms with Crippen LogP contribution in [0.15, 0.2) is 6.20 Å². The van der Waals surface area contributed by atoms with Gasteiger partial charge in [-0.05, 0) is 6.92 Å². The maximum absolute atomic E-state index is 12.3. The predicted octanol–water partition coefficient (Wildman–Crippen LogP) is 1.09. The summed E-state index contributed by atoms with van der Waals surface area (Å²) < 4.78 is 0. The first-order valence-corrected chi connectivity index (χ1v) is 6.35. The van der Waals surface area contributed by atoms with Gasteiger partial charge in [0.25, 0.3) is 5.91 Å². The van der Waals surface area contributed by atoms with Crippen LogP contribution in [0.1, 0.15) is 43.0 Å². The Morgan fingerprint density at radius 2 is 2.11 bits per heavy atom. The SMILES string of the molecule is CNc1cnc(C(C)C)nc1C(=O)N(C)CC(C)O. The summed E-state index contributed by atoms with van der Waals surface area (Å²) in [6.45, 7) is 5.86. The summed E-state index contributed by atoms with van der Waals surface area (Å²) in [5.41, 5.74) is 0.927. The van der Waals surface area contributed by atoms with Gasteiger partial charge in [-0.3, -0.25) is 4.79 Å². The van der Waals surface area contributed by atoms with Crippen molar-refractivity contribution in [1.29, 1.82) is 0 Å². The lowest BCUT2D eigenvalue weighted by Gasteiger charge is -2.20. The molecule has 0 aliphatic heterocycles. The highest BCUT2D eigenvalue weighted by Gasteiger charge is 2.20. The van der Waals surface area contributed by atoms with Gasteiger partial charge in [-0.15, -0.1) is 0 Å². The number of hydrogen-bond donors (Lipinski definition) is 2. The second-order valence-electron chi connectivity index (χ2n) is 4.93. The monoisotopic (exact) mass is 266 g/mol. The van der Waals surface area contributed by atoms with Crippen LogP contribution in [-0.2, 0) is 0 Å². The Balaban J connectivity index is 3.08. The van der Waals surface area contributed by atoms with Crippen LogP contribution in [-0.4, -0.2) is 52.6 Å². The maximum Gasteiger partial charge on any atom is 0.274 e. The van der Waals surface area contributed by atoms with Gasteiger partial charge in [-0.2, -0.15) is 0 Å². The zero-order valence-corrected chi connectivity index (χ0v) is 12.1. The first-order chi connectivity index (χ1) is 8.86. The van der Waals surface area contributed by atoms with Gasteiger partial charge in [0.05, 0.1) is 18.0 Å². The third-order valence-electron chi connectivity index (χ3n) is 2.68. The molecule has 0 spiro atoms. The normalized spacial score (nSPS) is 12.4. The zero-order chi connectivity index (χ0) is 14.6. The Morgan fingerprint density at radius 3 is 2.58 bits per heavy atom. The summed E-state index contributed by atoms with van der Waals surface area (Å²) >= 11 is 0. The average molecular weight is 266 g/mol. The number of rotatable bonds is 5. The predicted molar refractivity (Wildman–Crippen MR) is 74.3 cm³/mol. The fourth-order valence-electron chi connectivity index (χ4n) is 1.68. The number of likely N-dealkylation sites (N-methyl/N-ethyl adjacent to an activating group) is 1. The second-order valence-corrected chi connectivity index (χ2v) is 4.93. The molecule has 1 unspecified atom stereocenters. The van der Waals surface area contributed by atoms with Crippen LogP contribution in [0.25, 0.3) is 0 Å². The van der Waals surface area contributed by atoms with Gasteiger partial charge in [0.15, 0.2) is 5.69 Å². The number of aromatic nitrogens is 2. The van der Waals surface area contributed by atoms with Crippen LogP contribution in [0.5, 0.6) is 0 Å². The van der Waals surface area contributed by atoms with Crippen molar-refractivity contribution in [1.82, 2.24) is 14.9 Å². The minimum atomic E-state index is -0.571. The Hall–Kier alpha value is -1.69. The third-order valence-corrected chi connectivity index (χ3v) is 2.68. The van der Waals surface area contributed by atoms with Gasteiger partial charge in [0.2, 0.25) is 0 Å². The minimum Gasteiger partial charge on any atom is -0.392 e. The van der Waals surface area contributed by atoms with Crippen molar-refractivity contribution in [3.63, 3.8) is 0 Å². The highest BCUT2D eigenvalue weighted by atomic mass is 16.3. The molecule has 0 aromatic carbocycles. The maximum atomic E-state index is 12.3. The fraction of sp³-hybridized carbons (Fsp3) is 0.615. The van der Waals surface area contributed by atoms with Crippen molar-refractivity contribution in [2.24, 2.45) is 0 Å². The molecule has 0 bridgehead atoms. The Morgan fingerprint density at radius 1 is 1.47 bits per heavy atom. The number of nitrogens with zero attached hydrogens (tertiary/aromatic N) is 3. The number of nitrogens with one attached hydrogen (secondary N) is 1. The summed E-state index contributed by atoms with van der Waals surface area (Å²) in [4.78, 5) is 22.3. The molecule has 1 amide bonds. The van der Waals surface area contributed by atoms with Crippen LogP contribution in [0, 0.1) is 0 Å². The van der Waals surface area contributed by atoms with E-state index < -0.39 is 6.10 Å². The Bertz CT molecular complexity index is 446. The molecule has 0 aliphatic carbocycles. The van der Waals surface area contributed by atoms with E-state index in [0.29, 0.717) is 17.2 Å². The van der Waals surface area contributed by atoms with Crippen LogP contribution in [0.3, 0.4) is 0 Å². The number of aliphatic hydroxyl groups excluding tert-OH is 1. The lowest BCUT2D eigenvalue weighted by molar-refractivity contribution is 0.0698. The van der Waals surface area contributed by atoms with E-state index in [4.69, 9.17) is 0 Å². The van der Waals surface area contributed by atoms with Gasteiger partial charge < -0.3 is 15.3 Å². The van der Waals surface area contributed by atoms with Crippen molar-refractivity contribution in [2.45, 2.75) is 32.8 Å². The van der Waals surface area contributed by atoms with Crippen molar-refractivity contribution in [3.8, 4) is 0 Å². The molecule has 106 valence electrons. The molecular weight excluding hydrogens is 244 g/mol. The van der Waals surface area contributed by atoms with E-state index in [0.717, 1.165) is 0 Å². The molecule has 1 aromatic heterocycles. The molecule has 1 rings (SSSR count). The summed E-state index contributed by atoms with van der Waals surface area (Å²) in [7, 11) is 3.37. The number of carbonyl (C=O) groups is 1. The topological polar surface area (TPSA) is 78.4 Å². The lowest BCUT2D eigenvalue weighted by atomic mass is 10.2. The average Bonchev–Trinajstić information content (AvgIpc) is 2.36. The van der Waals surface area contributed by atoms with Gasteiger partial charge in [-0.25, -0.2) is 9.97 Å². The number of anilines is 1. The fourth-order valence-corrected chi connectivity index (χ4v) is 1.68. The van der Waals surface area contributed by atoms with Crippen LogP contribution >= 0.6 is 0 Å². The van der Waals surface area contributed by atoms with Gasteiger partial charge in [-0.1, -0.05) is 13.8 Å². The van der Waals surface area contributed by atoms with E-state index in [1.807, 2.05) is 13.8 Å². The van der Waals surface area contributed by atoms with Crippen LogP contribution in [0.2, 0.25) is 0 Å². The summed E-state index contributed by atoms with van der Waals surface area (Å²) in [6.07, 6.45) is 1.05. The number of aliphatic hydroxyl groups is 1. The highest BCUT2D eigenvalue weighted by molar-refractivity contribution is 5.97. The van der Waals surface area contributed by atoms with E-state index in [-0.39, 0.29) is 18.4 Å². The molecule has 2 N–H and O–H groups in total. The quantitative estimate of drug-likeness (QED) is 0.834. The Kier molecular flexibility index (Phi) is 5.23. The molecule has 1 aromatic rings. The van der Waals surface area contributed by atoms with Crippen molar-refractivity contribution >= 4 is 11.6 Å². The number of hydrogen-bond acceptors (Lipinski definition) is 5. The van der Waals surface area contributed by atoms with Gasteiger partial charge in [0.1, 0.15) is 5.82 Å². The van der Waals surface area contributed by atoms with Crippen molar-refractivity contribution in [3.05, 3.63) is 17.7 Å². The molecule has 0 saturated heterocycles. The van der Waals surface area contributed by atoms with Crippen LogP contribution in [0.4, 0.5) is 5.69 Å². The molecule has 6 heteroatoms. The molecular formula is C13H22N4O2. The zero-order valence-electron chi connectivity index (χ0n) is 12.1. The number of amides is 1. The van der Waals surface area contributed by atoms with Crippen molar-refractivity contribution < 1.29 is 9.90 Å². The summed E-state index contributed by atoms with van der Waals surface area (Å²) in [5, 5.41) is 12.3. The molecule has 0 radical (unpaired) electrons. The molecule has 0 saturated carbocycles. The van der Waals surface area contributed by atoms with E-state index in [2.05, 4.69) is 15.3 Å². The minimum absolute atomic E-state index is 0.152. The third kappa shape index (κ3) is 3.89. The molecule has 1 heterocycles. The van der Waals surface area contributed by atoms with E-state index in [9.17, 15) is 9.90 Å². The van der Waals surface area contributed by atoms with Crippen LogP contribution < -0.4 is 5.32 Å². The summed E-state index contributed by atoms with van der Waals surface area (Å²) in [6, 6.07) is 0. The molecule has 6 nitrogen and oxygen atoms in total. The first kappa shape index (κ1) is 15.4. The van der Waals surface area contributed by atoms with Gasteiger partial charge in [0, 0.05) is 26.6 Å². The van der Waals surface area contributed by atoms with E-state index in [1.54, 1.807) is 27.2 Å². The highest BCUT2D eigenvalue weighted by Crippen LogP contribution is 2.17.